The van der Waals surface area contributed by atoms with Crippen molar-refractivity contribution in [3.8, 4) is 0 Å². The second kappa shape index (κ2) is 8.08. The number of hydrogen-bond acceptors (Lipinski definition) is 3. The van der Waals surface area contributed by atoms with Crippen molar-refractivity contribution in [1.29, 1.82) is 0 Å². The number of rotatable bonds is 7. The van der Waals surface area contributed by atoms with Gasteiger partial charge >= 0.3 is 5.97 Å². The van der Waals surface area contributed by atoms with Crippen LogP contribution in [0.4, 0.5) is 0 Å². The standard InChI is InChI=1S/C16H23NO3S/c1-16(2,3)14(15(19)20)17-13(18)11-21-10-9-12-7-5-4-6-8-12/h4-8,14H,9-11H2,1-3H3,(H,17,18)(H,19,20). The molecule has 116 valence electrons. The molecule has 1 unspecified atom stereocenters. The number of carboxylic acid groups (broad SMARTS) is 1. The number of amides is 1. The summed E-state index contributed by atoms with van der Waals surface area (Å²) >= 11 is 1.52. The van der Waals surface area contributed by atoms with Crippen LogP contribution < -0.4 is 5.32 Å². The minimum Gasteiger partial charge on any atom is -0.480 e. The van der Waals surface area contributed by atoms with Gasteiger partial charge in [0.2, 0.25) is 5.91 Å². The molecule has 21 heavy (non-hydrogen) atoms. The molecule has 1 atom stereocenters. The Kier molecular flexibility index (Phi) is 6.75. The molecule has 0 aliphatic heterocycles. The molecule has 0 spiro atoms. The van der Waals surface area contributed by atoms with E-state index in [1.165, 1.54) is 17.3 Å². The molecule has 5 heteroatoms. The van der Waals surface area contributed by atoms with Crippen molar-refractivity contribution in [2.75, 3.05) is 11.5 Å². The van der Waals surface area contributed by atoms with Crippen LogP contribution in [0, 0.1) is 5.41 Å². The topological polar surface area (TPSA) is 66.4 Å². The second-order valence-corrected chi connectivity index (χ2v) is 7.10. The molecule has 2 N–H and O–H groups in total. The van der Waals surface area contributed by atoms with E-state index in [0.29, 0.717) is 0 Å². The fraction of sp³-hybridized carbons (Fsp3) is 0.500. The van der Waals surface area contributed by atoms with Crippen LogP contribution in [-0.2, 0) is 16.0 Å². The highest BCUT2D eigenvalue weighted by Crippen LogP contribution is 2.19. The lowest BCUT2D eigenvalue weighted by atomic mass is 9.87. The Morgan fingerprint density at radius 1 is 1.24 bits per heavy atom. The molecule has 0 radical (unpaired) electrons. The normalized spacial score (nSPS) is 12.7. The van der Waals surface area contributed by atoms with Gasteiger partial charge in [-0.3, -0.25) is 4.79 Å². The Morgan fingerprint density at radius 3 is 2.38 bits per heavy atom. The number of carbonyl (C=O) groups excluding carboxylic acids is 1. The zero-order valence-electron chi connectivity index (χ0n) is 12.8. The largest absolute Gasteiger partial charge is 0.480 e. The summed E-state index contributed by atoms with van der Waals surface area (Å²) in [5.41, 5.74) is 0.736. The van der Waals surface area contributed by atoms with Gasteiger partial charge in [0.15, 0.2) is 0 Å². The first-order chi connectivity index (χ1) is 9.80. The predicted molar refractivity (Wildman–Crippen MR) is 86.5 cm³/mol. The van der Waals surface area contributed by atoms with Crippen molar-refractivity contribution in [3.63, 3.8) is 0 Å². The lowest BCUT2D eigenvalue weighted by Gasteiger charge is -2.27. The SMILES string of the molecule is CC(C)(C)C(NC(=O)CSCCc1ccccc1)C(=O)O. The molecule has 0 saturated heterocycles. The molecule has 1 aromatic rings. The van der Waals surface area contributed by atoms with E-state index < -0.39 is 17.4 Å². The Labute approximate surface area is 130 Å². The third kappa shape index (κ3) is 6.67. The van der Waals surface area contributed by atoms with E-state index in [-0.39, 0.29) is 11.7 Å². The molecule has 1 amide bonds. The highest BCUT2D eigenvalue weighted by molar-refractivity contribution is 7.99. The predicted octanol–water partition coefficient (Wildman–Crippen LogP) is 2.58. The fourth-order valence-electron chi connectivity index (χ4n) is 1.85. The van der Waals surface area contributed by atoms with E-state index >= 15 is 0 Å². The van der Waals surface area contributed by atoms with Gasteiger partial charge in [-0.1, -0.05) is 51.1 Å². The van der Waals surface area contributed by atoms with Crippen molar-refractivity contribution >= 4 is 23.6 Å². The molecule has 0 fully saturated rings. The van der Waals surface area contributed by atoms with Gasteiger partial charge < -0.3 is 10.4 Å². The first-order valence-electron chi connectivity index (χ1n) is 6.94. The lowest BCUT2D eigenvalue weighted by molar-refractivity contribution is -0.144. The highest BCUT2D eigenvalue weighted by Gasteiger charge is 2.32. The fourth-order valence-corrected chi connectivity index (χ4v) is 2.64. The van der Waals surface area contributed by atoms with E-state index in [9.17, 15) is 9.59 Å². The third-order valence-corrected chi connectivity index (χ3v) is 3.99. The van der Waals surface area contributed by atoms with Gasteiger partial charge in [-0.2, -0.15) is 11.8 Å². The Hall–Kier alpha value is -1.49. The van der Waals surface area contributed by atoms with Crippen LogP contribution in [0.5, 0.6) is 0 Å². The van der Waals surface area contributed by atoms with Crippen molar-refractivity contribution in [2.24, 2.45) is 5.41 Å². The molecule has 0 saturated carbocycles. The summed E-state index contributed by atoms with van der Waals surface area (Å²) in [7, 11) is 0. The van der Waals surface area contributed by atoms with Gasteiger partial charge in [-0.25, -0.2) is 4.79 Å². The molecule has 4 nitrogen and oxygen atoms in total. The van der Waals surface area contributed by atoms with E-state index in [1.54, 1.807) is 20.8 Å². The molecule has 0 aliphatic rings. The van der Waals surface area contributed by atoms with Crippen molar-refractivity contribution in [2.45, 2.75) is 33.2 Å². The number of aliphatic carboxylic acids is 1. The molecule has 1 rings (SSSR count). The average Bonchev–Trinajstić information content (AvgIpc) is 2.40. The van der Waals surface area contributed by atoms with Crippen LogP contribution in [0.15, 0.2) is 30.3 Å². The zero-order chi connectivity index (χ0) is 15.9. The monoisotopic (exact) mass is 309 g/mol. The molecular formula is C16H23NO3S. The van der Waals surface area contributed by atoms with Gasteiger partial charge in [-0.05, 0) is 23.2 Å². The number of nitrogens with one attached hydrogen (secondary N) is 1. The summed E-state index contributed by atoms with van der Waals surface area (Å²) in [6.07, 6.45) is 0.903. The first kappa shape index (κ1) is 17.6. The van der Waals surface area contributed by atoms with Gasteiger partial charge in [-0.15, -0.1) is 0 Å². The Bertz CT molecular complexity index is 468. The van der Waals surface area contributed by atoms with E-state index in [2.05, 4.69) is 17.4 Å². The number of benzene rings is 1. The molecule has 0 bridgehead atoms. The Balaban J connectivity index is 2.32. The maximum absolute atomic E-state index is 11.8. The first-order valence-corrected chi connectivity index (χ1v) is 8.10. The average molecular weight is 309 g/mol. The van der Waals surface area contributed by atoms with Crippen molar-refractivity contribution in [1.82, 2.24) is 5.32 Å². The summed E-state index contributed by atoms with van der Waals surface area (Å²) in [5.74, 6) is -0.0993. The number of carbonyl (C=O) groups is 2. The van der Waals surface area contributed by atoms with Gasteiger partial charge in [0, 0.05) is 0 Å². The summed E-state index contributed by atoms with van der Waals surface area (Å²) < 4.78 is 0. The van der Waals surface area contributed by atoms with Crippen LogP contribution >= 0.6 is 11.8 Å². The summed E-state index contributed by atoms with van der Waals surface area (Å²) in [4.78, 5) is 23.0. The molecule has 1 aromatic carbocycles. The molecule has 0 heterocycles. The minimum atomic E-state index is -0.995. The minimum absolute atomic E-state index is 0.226. The lowest BCUT2D eigenvalue weighted by Crippen LogP contribution is -2.49. The van der Waals surface area contributed by atoms with Gasteiger partial charge in [0.25, 0.3) is 0 Å². The number of carboxylic acids is 1. The van der Waals surface area contributed by atoms with Crippen LogP contribution in [0.1, 0.15) is 26.3 Å². The van der Waals surface area contributed by atoms with Gasteiger partial charge in [0.1, 0.15) is 6.04 Å². The van der Waals surface area contributed by atoms with Crippen LogP contribution in [-0.4, -0.2) is 34.5 Å². The molecule has 0 aliphatic carbocycles. The third-order valence-electron chi connectivity index (χ3n) is 3.03. The van der Waals surface area contributed by atoms with E-state index in [4.69, 9.17) is 5.11 Å². The summed E-state index contributed by atoms with van der Waals surface area (Å²) in [6, 6.07) is 9.21. The quantitative estimate of drug-likeness (QED) is 0.760. The number of aryl methyl sites for hydroxylation is 1. The molecule has 0 aromatic heterocycles. The van der Waals surface area contributed by atoms with Gasteiger partial charge in [0.05, 0.1) is 5.75 Å². The second-order valence-electron chi connectivity index (χ2n) is 5.99. The Morgan fingerprint density at radius 2 is 1.86 bits per heavy atom. The maximum Gasteiger partial charge on any atom is 0.326 e. The van der Waals surface area contributed by atoms with Crippen molar-refractivity contribution < 1.29 is 14.7 Å². The van der Waals surface area contributed by atoms with E-state index in [0.717, 1.165) is 12.2 Å². The number of hydrogen-bond donors (Lipinski definition) is 2. The van der Waals surface area contributed by atoms with Crippen LogP contribution in [0.25, 0.3) is 0 Å². The summed E-state index contributed by atoms with van der Waals surface area (Å²) in [5, 5.41) is 11.8. The zero-order valence-corrected chi connectivity index (χ0v) is 13.6. The summed E-state index contributed by atoms with van der Waals surface area (Å²) in [6.45, 7) is 5.40. The smallest absolute Gasteiger partial charge is 0.326 e. The number of thioether (sulfide) groups is 1. The van der Waals surface area contributed by atoms with E-state index in [1.807, 2.05) is 18.2 Å². The highest BCUT2D eigenvalue weighted by atomic mass is 32.2. The van der Waals surface area contributed by atoms with Crippen LogP contribution in [0.3, 0.4) is 0 Å². The maximum atomic E-state index is 11.8. The van der Waals surface area contributed by atoms with Crippen LogP contribution in [0.2, 0.25) is 0 Å². The van der Waals surface area contributed by atoms with Crippen molar-refractivity contribution in [3.05, 3.63) is 35.9 Å². The molecular weight excluding hydrogens is 286 g/mol.